The smallest absolute Gasteiger partial charge is 0.299 e. The van der Waals surface area contributed by atoms with Crippen LogP contribution in [0.5, 0.6) is 0 Å². The van der Waals surface area contributed by atoms with Crippen molar-refractivity contribution in [3.63, 3.8) is 0 Å². The number of furan rings is 1. The maximum atomic E-state index is 8.82. The van der Waals surface area contributed by atoms with Crippen LogP contribution in [0.1, 0.15) is 65.9 Å². The molecule has 0 aliphatic carbocycles. The third kappa shape index (κ3) is 5.21. The van der Waals surface area contributed by atoms with Gasteiger partial charge in [0, 0.05) is 37.0 Å². The average Bonchev–Trinajstić information content (AvgIpc) is 3.72. The molecule has 0 saturated heterocycles. The number of imidazole rings is 1. The molecule has 3 heteroatoms. The molecule has 0 spiro atoms. The number of aryl methyl sites for hydroxylation is 3. The van der Waals surface area contributed by atoms with Gasteiger partial charge in [0.15, 0.2) is 16.6 Å². The quantitative estimate of drug-likeness (QED) is 0.159. The highest BCUT2D eigenvalue weighted by atomic mass is 16.3. The molecule has 7 aromatic carbocycles. The van der Waals surface area contributed by atoms with Gasteiger partial charge < -0.3 is 4.42 Å². The van der Waals surface area contributed by atoms with Crippen molar-refractivity contribution in [1.82, 2.24) is 4.57 Å². The van der Waals surface area contributed by atoms with Crippen LogP contribution in [-0.4, -0.2) is 4.57 Å². The van der Waals surface area contributed by atoms with E-state index in [0.717, 1.165) is 83.1 Å². The molecule has 260 valence electrons. The van der Waals surface area contributed by atoms with Crippen LogP contribution in [0.2, 0.25) is 0 Å². The van der Waals surface area contributed by atoms with Crippen molar-refractivity contribution in [2.75, 3.05) is 0 Å². The van der Waals surface area contributed by atoms with Gasteiger partial charge in [-0.25, -0.2) is 4.57 Å². The van der Waals surface area contributed by atoms with Crippen molar-refractivity contribution in [3.05, 3.63) is 156 Å². The van der Waals surface area contributed by atoms with Crippen molar-refractivity contribution in [3.8, 4) is 39.3 Å². The second kappa shape index (κ2) is 12.6. The number of hydrogen-bond acceptors (Lipinski definition) is 1. The Balaban J connectivity index is 1.39. The predicted molar refractivity (Wildman–Crippen MR) is 223 cm³/mol. The Hall–Kier alpha value is -5.93. The highest BCUT2D eigenvalue weighted by Crippen LogP contribution is 2.44. The van der Waals surface area contributed by atoms with Crippen molar-refractivity contribution in [1.29, 1.82) is 0 Å². The van der Waals surface area contributed by atoms with Gasteiger partial charge >= 0.3 is 0 Å². The van der Waals surface area contributed by atoms with Gasteiger partial charge in [-0.3, -0.25) is 0 Å². The molecule has 0 unspecified atom stereocenters. The number of aromatic nitrogens is 2. The SMILES string of the molecule is [2H]C([2H])([2H])c1cccc2c1n(-c1c(C(C)C)cc(-c3ccc(-c4ccccc4)cc3)cc1C(C)C)c(-c1c(C)ccc3c1oc1c4ccccc4ccc31)[n+]2C. The van der Waals surface area contributed by atoms with Crippen molar-refractivity contribution in [2.24, 2.45) is 7.05 Å². The Kier molecular flexibility index (Phi) is 7.06. The van der Waals surface area contributed by atoms with Crippen LogP contribution in [0.3, 0.4) is 0 Å². The third-order valence-electron chi connectivity index (χ3n) is 11.1. The molecule has 0 saturated carbocycles. The van der Waals surface area contributed by atoms with E-state index in [1.54, 1.807) is 6.07 Å². The molecular formula is C50H45N2O+. The van der Waals surface area contributed by atoms with Crippen molar-refractivity contribution in [2.45, 2.75) is 53.3 Å². The van der Waals surface area contributed by atoms with Gasteiger partial charge in [0.1, 0.15) is 16.8 Å². The Morgan fingerprint density at radius 3 is 1.91 bits per heavy atom. The van der Waals surface area contributed by atoms with Crippen LogP contribution >= 0.6 is 0 Å². The van der Waals surface area contributed by atoms with Crippen LogP contribution in [0, 0.1) is 13.8 Å². The Morgan fingerprint density at radius 2 is 1.21 bits per heavy atom. The first-order valence-electron chi connectivity index (χ1n) is 20.1. The summed E-state index contributed by atoms with van der Waals surface area (Å²) in [6.45, 7) is 8.71. The van der Waals surface area contributed by atoms with Crippen LogP contribution in [-0.2, 0) is 7.05 Å². The molecular weight excluding hydrogens is 645 g/mol. The molecule has 9 rings (SSSR count). The van der Waals surface area contributed by atoms with Crippen molar-refractivity contribution < 1.29 is 13.1 Å². The van der Waals surface area contributed by atoms with Crippen LogP contribution < -0.4 is 4.57 Å². The topological polar surface area (TPSA) is 21.9 Å². The van der Waals surface area contributed by atoms with Gasteiger partial charge in [-0.2, -0.15) is 4.57 Å². The molecule has 0 N–H and O–H groups in total. The number of para-hydroxylation sites is 1. The number of rotatable bonds is 6. The monoisotopic (exact) mass is 692 g/mol. The minimum absolute atomic E-state index is 0.121. The van der Waals surface area contributed by atoms with E-state index < -0.39 is 6.85 Å². The Labute approximate surface area is 316 Å². The summed E-state index contributed by atoms with van der Waals surface area (Å²) in [6.07, 6.45) is 0. The molecule has 0 aliphatic rings. The first-order chi connectivity index (χ1) is 26.9. The van der Waals surface area contributed by atoms with E-state index in [2.05, 4.69) is 160 Å². The summed E-state index contributed by atoms with van der Waals surface area (Å²) in [4.78, 5) is 0. The molecule has 0 aliphatic heterocycles. The third-order valence-corrected chi connectivity index (χ3v) is 11.1. The van der Waals surface area contributed by atoms with Crippen LogP contribution in [0.4, 0.5) is 0 Å². The van der Waals surface area contributed by atoms with Gasteiger partial charge in [-0.05, 0) is 83.1 Å². The largest absolute Gasteiger partial charge is 0.454 e. The minimum Gasteiger partial charge on any atom is -0.454 e. The lowest BCUT2D eigenvalue weighted by molar-refractivity contribution is -0.633. The molecule has 0 bridgehead atoms. The lowest BCUT2D eigenvalue weighted by Crippen LogP contribution is -2.30. The first-order valence-corrected chi connectivity index (χ1v) is 18.6. The van der Waals surface area contributed by atoms with E-state index >= 15 is 0 Å². The second-order valence-corrected chi connectivity index (χ2v) is 15.0. The lowest BCUT2D eigenvalue weighted by Gasteiger charge is -2.21. The number of benzene rings is 7. The first kappa shape index (κ1) is 29.6. The molecule has 53 heavy (non-hydrogen) atoms. The Bertz CT molecular complexity index is 2940. The van der Waals surface area contributed by atoms with E-state index in [1.165, 1.54) is 11.1 Å². The molecule has 0 atom stereocenters. The normalized spacial score (nSPS) is 13.1. The minimum atomic E-state index is -2.35. The molecule has 3 nitrogen and oxygen atoms in total. The maximum Gasteiger partial charge on any atom is 0.299 e. The summed E-state index contributed by atoms with van der Waals surface area (Å²) in [5.41, 5.74) is 13.5. The fourth-order valence-corrected chi connectivity index (χ4v) is 8.32. The van der Waals surface area contributed by atoms with Gasteiger partial charge in [0.2, 0.25) is 0 Å². The summed E-state index contributed by atoms with van der Waals surface area (Å²) in [5.74, 6) is 1.12. The van der Waals surface area contributed by atoms with Gasteiger partial charge in [0.05, 0.1) is 7.05 Å². The molecule has 2 aromatic heterocycles. The molecule has 0 amide bonds. The molecule has 0 radical (unpaired) electrons. The fourth-order valence-electron chi connectivity index (χ4n) is 8.32. The predicted octanol–water partition coefficient (Wildman–Crippen LogP) is 13.4. The fraction of sp³-hybridized carbons (Fsp3) is 0.180. The number of hydrogen-bond donors (Lipinski definition) is 0. The number of nitrogens with zero attached hydrogens (tertiary/aromatic N) is 2. The van der Waals surface area contributed by atoms with Gasteiger partial charge in [0.25, 0.3) is 5.82 Å². The summed E-state index contributed by atoms with van der Waals surface area (Å²) < 4.78 is 37.9. The van der Waals surface area contributed by atoms with E-state index in [0.29, 0.717) is 11.1 Å². The van der Waals surface area contributed by atoms with Gasteiger partial charge in [-0.15, -0.1) is 0 Å². The zero-order chi connectivity index (χ0) is 39.0. The molecule has 0 fully saturated rings. The zero-order valence-electron chi connectivity index (χ0n) is 34.2. The lowest BCUT2D eigenvalue weighted by atomic mass is 9.87. The summed E-state index contributed by atoms with van der Waals surface area (Å²) in [7, 11) is 2.06. The molecule has 9 aromatic rings. The second-order valence-electron chi connectivity index (χ2n) is 15.0. The van der Waals surface area contributed by atoms with E-state index in [-0.39, 0.29) is 11.8 Å². The number of fused-ring (bicyclic) bond motifs is 6. The van der Waals surface area contributed by atoms with Crippen LogP contribution in [0.25, 0.3) is 83.1 Å². The van der Waals surface area contributed by atoms with E-state index in [4.69, 9.17) is 8.53 Å². The highest BCUT2D eigenvalue weighted by molar-refractivity contribution is 6.17. The standard InChI is InChI=1S/C50H45N2O/c1-30(2)42-28-38(36-23-21-35(22-24-36)34-15-9-8-10-16-34)29-43(31(3)4)47(42)52-46-33(6)14-13-19-44(46)51(7)50(52)45-32(5)20-26-41-40-27-25-37-17-11-12-18-39(37)48(40)53-49(41)45/h8-31H,1-7H3/q+1/i6D3. The van der Waals surface area contributed by atoms with E-state index in [1.807, 2.05) is 18.2 Å². The van der Waals surface area contributed by atoms with E-state index in [9.17, 15) is 0 Å². The van der Waals surface area contributed by atoms with Crippen molar-refractivity contribution >= 4 is 43.7 Å². The van der Waals surface area contributed by atoms with Gasteiger partial charge in [-0.1, -0.05) is 137 Å². The summed E-state index contributed by atoms with van der Waals surface area (Å²) >= 11 is 0. The maximum absolute atomic E-state index is 8.82. The average molecular weight is 693 g/mol. The zero-order valence-corrected chi connectivity index (χ0v) is 31.2. The van der Waals surface area contributed by atoms with Crippen LogP contribution in [0.15, 0.2) is 138 Å². The molecule has 2 heterocycles. The summed E-state index contributed by atoms with van der Waals surface area (Å²) in [6, 6.07) is 46.6. The highest BCUT2D eigenvalue weighted by Gasteiger charge is 2.35. The summed E-state index contributed by atoms with van der Waals surface area (Å²) in [5, 5.41) is 4.27. The Morgan fingerprint density at radius 1 is 0.585 bits per heavy atom.